The van der Waals surface area contributed by atoms with Crippen LogP contribution in [0.2, 0.25) is 0 Å². The Morgan fingerprint density at radius 2 is 1.50 bits per heavy atom. The quantitative estimate of drug-likeness (QED) is 0.544. The normalized spacial score (nSPS) is 78.0. The largest absolute Gasteiger partial charge is 0.0590 e. The fourth-order valence-corrected chi connectivity index (χ4v) is 7.23. The molecule has 4 aliphatic rings. The number of fused-ring (bicyclic) bond motifs is 2. The Kier molecular flexibility index (Phi) is 0.947. The zero-order valence-corrected chi connectivity index (χ0v) is 9.98. The number of hydrogen-bond acceptors (Lipinski definition) is 0. The zero-order valence-electron chi connectivity index (χ0n) is 9.98. The van der Waals surface area contributed by atoms with Crippen LogP contribution in [0.3, 0.4) is 0 Å². The maximum atomic E-state index is 2.63. The van der Waals surface area contributed by atoms with E-state index in [1.165, 1.54) is 6.42 Å². The Balaban J connectivity index is 2.04. The van der Waals surface area contributed by atoms with E-state index in [2.05, 4.69) is 27.7 Å². The van der Waals surface area contributed by atoms with Crippen molar-refractivity contribution in [3.05, 3.63) is 0 Å². The number of hydrogen-bond donors (Lipinski definition) is 0. The Morgan fingerprint density at radius 1 is 0.857 bits per heavy atom. The van der Waals surface area contributed by atoms with Crippen molar-refractivity contribution in [2.24, 2.45) is 33.5 Å². The van der Waals surface area contributed by atoms with Crippen molar-refractivity contribution in [3.8, 4) is 0 Å². The third kappa shape index (κ3) is 0.417. The van der Waals surface area contributed by atoms with E-state index in [-0.39, 0.29) is 0 Å². The molecule has 0 aliphatic heterocycles. The van der Waals surface area contributed by atoms with Crippen LogP contribution in [0.5, 0.6) is 0 Å². The standard InChI is InChI=1S/C14H22/c1-11-6-9-5-10-7-12(9,2)14(11,4)13(10,3)8-11/h9-10H,5-8H2,1-4H3. The molecule has 6 unspecified atom stereocenters. The molecule has 0 spiro atoms. The summed E-state index contributed by atoms with van der Waals surface area (Å²) in [4.78, 5) is 0. The summed E-state index contributed by atoms with van der Waals surface area (Å²) >= 11 is 0. The molecule has 0 amide bonds. The van der Waals surface area contributed by atoms with Gasteiger partial charge in [-0.15, -0.1) is 0 Å². The molecule has 0 saturated heterocycles. The van der Waals surface area contributed by atoms with E-state index in [4.69, 9.17) is 0 Å². The minimum Gasteiger partial charge on any atom is -0.0590 e. The molecule has 0 aromatic carbocycles. The summed E-state index contributed by atoms with van der Waals surface area (Å²) in [5, 5.41) is 0. The van der Waals surface area contributed by atoms with Crippen LogP contribution in [-0.4, -0.2) is 0 Å². The van der Waals surface area contributed by atoms with E-state index in [0.717, 1.165) is 22.7 Å². The number of rotatable bonds is 0. The molecule has 4 fully saturated rings. The van der Waals surface area contributed by atoms with Crippen molar-refractivity contribution < 1.29 is 0 Å². The second-order valence-corrected chi connectivity index (χ2v) is 7.74. The van der Waals surface area contributed by atoms with Gasteiger partial charge in [-0.05, 0) is 59.2 Å². The molecule has 2 bridgehead atoms. The summed E-state index contributed by atoms with van der Waals surface area (Å²) < 4.78 is 0. The van der Waals surface area contributed by atoms with Gasteiger partial charge in [-0.2, -0.15) is 0 Å². The van der Waals surface area contributed by atoms with E-state index >= 15 is 0 Å². The molecule has 0 aromatic heterocycles. The predicted molar refractivity (Wildman–Crippen MR) is 57.9 cm³/mol. The van der Waals surface area contributed by atoms with Crippen LogP contribution >= 0.6 is 0 Å². The van der Waals surface area contributed by atoms with E-state index < -0.39 is 0 Å². The summed E-state index contributed by atoms with van der Waals surface area (Å²) in [6.45, 7) is 10.4. The molecule has 0 radical (unpaired) electrons. The smallest absolute Gasteiger partial charge is 0.0158 e. The lowest BCUT2D eigenvalue weighted by Gasteiger charge is -2.68. The van der Waals surface area contributed by atoms with E-state index in [9.17, 15) is 0 Å². The monoisotopic (exact) mass is 190 g/mol. The Bertz CT molecular complexity index is 340. The summed E-state index contributed by atoms with van der Waals surface area (Å²) in [5.74, 6) is 2.16. The zero-order chi connectivity index (χ0) is 9.98. The lowest BCUT2D eigenvalue weighted by atomic mass is 9.36. The van der Waals surface area contributed by atoms with Crippen LogP contribution in [-0.2, 0) is 0 Å². The van der Waals surface area contributed by atoms with Crippen molar-refractivity contribution in [1.29, 1.82) is 0 Å². The molecule has 4 aliphatic carbocycles. The first-order valence-corrected chi connectivity index (χ1v) is 6.37. The highest BCUT2D eigenvalue weighted by Gasteiger charge is 2.86. The molecular weight excluding hydrogens is 168 g/mol. The van der Waals surface area contributed by atoms with Gasteiger partial charge in [0.1, 0.15) is 0 Å². The van der Waals surface area contributed by atoms with Gasteiger partial charge in [0, 0.05) is 0 Å². The predicted octanol–water partition coefficient (Wildman–Crippen LogP) is 3.86. The topological polar surface area (TPSA) is 0 Å². The van der Waals surface area contributed by atoms with Crippen molar-refractivity contribution >= 4 is 0 Å². The first kappa shape index (κ1) is 8.19. The maximum absolute atomic E-state index is 2.63. The second-order valence-electron chi connectivity index (χ2n) is 7.74. The highest BCUT2D eigenvalue weighted by atomic mass is 14.9. The van der Waals surface area contributed by atoms with Crippen molar-refractivity contribution in [2.75, 3.05) is 0 Å². The van der Waals surface area contributed by atoms with Gasteiger partial charge in [0.2, 0.25) is 0 Å². The lowest BCUT2D eigenvalue weighted by molar-refractivity contribution is -0.206. The highest BCUT2D eigenvalue weighted by Crippen LogP contribution is 2.93. The molecule has 0 N–H and O–H groups in total. The summed E-state index contributed by atoms with van der Waals surface area (Å²) in [6.07, 6.45) is 6.21. The van der Waals surface area contributed by atoms with E-state index in [0.29, 0.717) is 10.8 Å². The first-order valence-electron chi connectivity index (χ1n) is 6.37. The average molecular weight is 190 g/mol. The lowest BCUT2D eigenvalue weighted by Crippen LogP contribution is -2.62. The highest BCUT2D eigenvalue weighted by molar-refractivity contribution is 5.34. The van der Waals surface area contributed by atoms with Gasteiger partial charge >= 0.3 is 0 Å². The Morgan fingerprint density at radius 3 is 2.14 bits per heavy atom. The summed E-state index contributed by atoms with van der Waals surface area (Å²) in [6, 6.07) is 0. The fourth-order valence-electron chi connectivity index (χ4n) is 7.23. The van der Waals surface area contributed by atoms with Crippen LogP contribution in [0.4, 0.5) is 0 Å². The molecule has 6 atom stereocenters. The molecule has 4 saturated carbocycles. The van der Waals surface area contributed by atoms with Crippen LogP contribution in [0.25, 0.3) is 0 Å². The van der Waals surface area contributed by atoms with Gasteiger partial charge in [-0.25, -0.2) is 0 Å². The van der Waals surface area contributed by atoms with E-state index in [1.807, 2.05) is 0 Å². The molecule has 4 rings (SSSR count). The van der Waals surface area contributed by atoms with Crippen molar-refractivity contribution in [2.45, 2.75) is 53.4 Å². The minimum absolute atomic E-state index is 0.695. The SMILES string of the molecule is CC12CC3CC4CC3(C)C1(C)C4(C)C2. The molecule has 14 heavy (non-hydrogen) atoms. The Labute approximate surface area is 87.5 Å². The third-order valence-corrected chi connectivity index (χ3v) is 7.99. The second kappa shape index (κ2) is 1.62. The van der Waals surface area contributed by atoms with Gasteiger partial charge in [0.25, 0.3) is 0 Å². The molecular formula is C14H22. The van der Waals surface area contributed by atoms with Crippen molar-refractivity contribution in [1.82, 2.24) is 0 Å². The molecule has 78 valence electrons. The van der Waals surface area contributed by atoms with Crippen LogP contribution < -0.4 is 0 Å². The van der Waals surface area contributed by atoms with Gasteiger partial charge in [0.15, 0.2) is 0 Å². The van der Waals surface area contributed by atoms with Gasteiger partial charge in [-0.1, -0.05) is 27.7 Å². The van der Waals surface area contributed by atoms with Crippen LogP contribution in [0, 0.1) is 33.5 Å². The van der Waals surface area contributed by atoms with Gasteiger partial charge < -0.3 is 0 Å². The molecule has 0 heteroatoms. The maximum Gasteiger partial charge on any atom is -0.0158 e. The molecule has 0 nitrogen and oxygen atoms in total. The van der Waals surface area contributed by atoms with Crippen molar-refractivity contribution in [3.63, 3.8) is 0 Å². The van der Waals surface area contributed by atoms with E-state index in [1.54, 1.807) is 19.3 Å². The average Bonchev–Trinajstić information content (AvgIpc) is 2.45. The van der Waals surface area contributed by atoms with Crippen LogP contribution in [0.15, 0.2) is 0 Å². The molecule has 0 aromatic rings. The minimum atomic E-state index is 0.695. The van der Waals surface area contributed by atoms with Crippen LogP contribution in [0.1, 0.15) is 53.4 Å². The Hall–Kier alpha value is 0. The summed E-state index contributed by atoms with van der Waals surface area (Å²) in [5.41, 5.74) is 2.86. The summed E-state index contributed by atoms with van der Waals surface area (Å²) in [7, 11) is 0. The molecule has 0 heterocycles. The fraction of sp³-hybridized carbons (Fsp3) is 1.00. The van der Waals surface area contributed by atoms with Gasteiger partial charge in [-0.3, -0.25) is 0 Å². The third-order valence-electron chi connectivity index (χ3n) is 7.99. The first-order chi connectivity index (χ1) is 6.37. The van der Waals surface area contributed by atoms with Gasteiger partial charge in [0.05, 0.1) is 0 Å².